The minimum Gasteiger partial charge on any atom is -0.384 e. The molecule has 8 nitrogen and oxygen atoms in total. The first kappa shape index (κ1) is 41.6. The number of anilines is 2. The highest BCUT2D eigenvalue weighted by Gasteiger charge is 2.38. The maximum Gasteiger partial charge on any atom is 0.417 e. The molecule has 1 atom stereocenters. The molecule has 0 aliphatic carbocycles. The van der Waals surface area contributed by atoms with E-state index in [1.54, 1.807) is 23.9 Å². The Labute approximate surface area is 329 Å². The van der Waals surface area contributed by atoms with Crippen molar-refractivity contribution in [2.45, 2.75) is 35.0 Å². The Balaban J connectivity index is 1.17. The molecule has 0 heterocycles. The Hall–Kier alpha value is -4.53. The van der Waals surface area contributed by atoms with Crippen LogP contribution >= 0.6 is 23.4 Å². The van der Waals surface area contributed by atoms with Gasteiger partial charge < -0.3 is 20.9 Å². The molecule has 0 aromatic heterocycles. The van der Waals surface area contributed by atoms with Crippen LogP contribution in [0.5, 0.6) is 0 Å². The van der Waals surface area contributed by atoms with Gasteiger partial charge in [-0.15, -0.1) is 11.8 Å². The van der Waals surface area contributed by atoms with Crippen molar-refractivity contribution in [3.63, 3.8) is 0 Å². The van der Waals surface area contributed by atoms with Crippen molar-refractivity contribution < 1.29 is 26.4 Å². The van der Waals surface area contributed by atoms with Crippen LogP contribution in [0.4, 0.5) is 24.5 Å². The summed E-state index contributed by atoms with van der Waals surface area (Å²) in [7, 11) is -1.08. The summed E-state index contributed by atoms with van der Waals surface area (Å²) in [6.45, 7) is 2.49. The van der Waals surface area contributed by atoms with Gasteiger partial charge in [0.25, 0.3) is 15.9 Å². The molecule has 0 unspecified atom stereocenters. The Morgan fingerprint density at radius 2 is 1.51 bits per heavy atom. The minimum absolute atomic E-state index is 0.0300. The molecule has 14 heteroatoms. The number of sulfonamides is 1. The van der Waals surface area contributed by atoms with Gasteiger partial charge in [0, 0.05) is 58.3 Å². The average molecular weight is 810 g/mol. The fourth-order valence-corrected chi connectivity index (χ4v) is 8.02. The molecule has 55 heavy (non-hydrogen) atoms. The molecular formula is C41H43ClF3N5O3S2. The molecule has 290 valence electrons. The number of thioether (sulfide) groups is 1. The van der Waals surface area contributed by atoms with E-state index in [-0.39, 0.29) is 17.3 Å². The second-order valence-corrected chi connectivity index (χ2v) is 16.2. The quantitative estimate of drug-likeness (QED) is 0.0515. The first-order valence-electron chi connectivity index (χ1n) is 17.5. The zero-order valence-corrected chi connectivity index (χ0v) is 32.8. The SMILES string of the molecule is CN(C)CC[C@H](CSc1ccccc1)Nc1ccc(S(=O)(=O)NC(=O)c2ccc(NCCNCc3ccccc3-c3ccc(Cl)cc3)cc2)c(C(F)(F)F)c1. The second-order valence-electron chi connectivity index (χ2n) is 13.0. The molecule has 0 aliphatic heterocycles. The zero-order valence-electron chi connectivity index (χ0n) is 30.4. The van der Waals surface area contributed by atoms with Crippen molar-refractivity contribution in [3.05, 3.63) is 143 Å². The smallest absolute Gasteiger partial charge is 0.384 e. The predicted molar refractivity (Wildman–Crippen MR) is 217 cm³/mol. The lowest BCUT2D eigenvalue weighted by Crippen LogP contribution is -2.32. The maximum atomic E-state index is 14.3. The summed E-state index contributed by atoms with van der Waals surface area (Å²) < 4.78 is 71.3. The van der Waals surface area contributed by atoms with Gasteiger partial charge in [-0.3, -0.25) is 4.79 Å². The molecular weight excluding hydrogens is 767 g/mol. The molecule has 0 spiro atoms. The molecule has 0 saturated carbocycles. The largest absolute Gasteiger partial charge is 0.417 e. The van der Waals surface area contributed by atoms with E-state index < -0.39 is 32.6 Å². The lowest BCUT2D eigenvalue weighted by Gasteiger charge is -2.23. The van der Waals surface area contributed by atoms with Crippen LogP contribution in [-0.4, -0.2) is 64.7 Å². The number of halogens is 4. The van der Waals surface area contributed by atoms with Gasteiger partial charge in [-0.1, -0.05) is 66.2 Å². The average Bonchev–Trinajstić information content (AvgIpc) is 3.16. The number of alkyl halides is 3. The van der Waals surface area contributed by atoms with Crippen LogP contribution in [0, 0.1) is 0 Å². The van der Waals surface area contributed by atoms with Crippen molar-refractivity contribution in [1.82, 2.24) is 14.9 Å². The van der Waals surface area contributed by atoms with Gasteiger partial charge in [0.2, 0.25) is 0 Å². The van der Waals surface area contributed by atoms with E-state index >= 15 is 0 Å². The summed E-state index contributed by atoms with van der Waals surface area (Å²) >= 11 is 7.62. The van der Waals surface area contributed by atoms with Crippen LogP contribution in [0.25, 0.3) is 11.1 Å². The van der Waals surface area contributed by atoms with Gasteiger partial charge in [0.05, 0.1) is 10.5 Å². The number of carbonyl (C=O) groups excluding carboxylic acids is 1. The number of hydrogen-bond acceptors (Lipinski definition) is 8. The molecule has 0 bridgehead atoms. The summed E-state index contributed by atoms with van der Waals surface area (Å²) in [5.74, 6) is -0.481. The van der Waals surface area contributed by atoms with Gasteiger partial charge in [-0.05, 0) is 110 Å². The third kappa shape index (κ3) is 12.5. The van der Waals surface area contributed by atoms with E-state index in [2.05, 4.69) is 28.1 Å². The topological polar surface area (TPSA) is 103 Å². The first-order chi connectivity index (χ1) is 26.3. The van der Waals surface area contributed by atoms with Crippen molar-refractivity contribution in [2.75, 3.05) is 50.1 Å². The summed E-state index contributed by atoms with van der Waals surface area (Å²) in [5.41, 5.74) is 2.69. The fourth-order valence-electron chi connectivity index (χ4n) is 5.72. The van der Waals surface area contributed by atoms with E-state index in [1.165, 1.54) is 18.2 Å². The molecule has 0 saturated heterocycles. The van der Waals surface area contributed by atoms with Crippen molar-refractivity contribution >= 4 is 50.7 Å². The second kappa shape index (κ2) is 19.4. The van der Waals surface area contributed by atoms with Crippen LogP contribution in [0.2, 0.25) is 5.02 Å². The number of nitrogens with zero attached hydrogens (tertiary/aromatic N) is 1. The highest BCUT2D eigenvalue weighted by Crippen LogP contribution is 2.36. The van der Waals surface area contributed by atoms with Crippen LogP contribution in [0.15, 0.2) is 131 Å². The maximum absolute atomic E-state index is 14.3. The normalized spacial score (nSPS) is 12.3. The molecule has 1 amide bonds. The fraction of sp³-hybridized carbons (Fsp3) is 0.244. The van der Waals surface area contributed by atoms with Crippen molar-refractivity contribution in [3.8, 4) is 11.1 Å². The number of nitrogens with one attached hydrogen (secondary N) is 4. The lowest BCUT2D eigenvalue weighted by atomic mass is 10.00. The van der Waals surface area contributed by atoms with E-state index in [9.17, 15) is 26.4 Å². The Kier molecular flexibility index (Phi) is 14.7. The number of hydrogen-bond donors (Lipinski definition) is 4. The van der Waals surface area contributed by atoms with E-state index in [0.29, 0.717) is 49.1 Å². The summed E-state index contributed by atoms with van der Waals surface area (Å²) in [6.07, 6.45) is -4.37. The molecule has 0 fully saturated rings. The molecule has 0 aliphatic rings. The van der Waals surface area contributed by atoms with Gasteiger partial charge in [-0.25, -0.2) is 13.1 Å². The summed E-state index contributed by atoms with van der Waals surface area (Å²) in [6, 6.07) is 34.2. The molecule has 5 aromatic rings. The number of benzene rings is 5. The van der Waals surface area contributed by atoms with E-state index in [4.69, 9.17) is 11.6 Å². The number of amides is 1. The third-order valence-electron chi connectivity index (χ3n) is 8.56. The van der Waals surface area contributed by atoms with Crippen LogP contribution in [-0.2, 0) is 22.7 Å². The van der Waals surface area contributed by atoms with Gasteiger partial charge >= 0.3 is 6.18 Å². The third-order valence-corrected chi connectivity index (χ3v) is 11.4. The first-order valence-corrected chi connectivity index (χ1v) is 20.4. The monoisotopic (exact) mass is 809 g/mol. The standard InChI is InChI=1S/C41H43ClF3N5O3S2/c1-50(2)25-22-35(28-54-36-9-4-3-5-10-36)48-34-20-21-39(38(26-34)41(43,44)45)55(52,53)49-40(51)30-14-18-33(19-15-30)47-24-23-46-27-31-8-6-7-11-37(31)29-12-16-32(42)17-13-29/h3-21,26,35,46-48H,22-25,27-28H2,1-2H3,(H,49,51)/t35-/m1/s1. The predicted octanol–water partition coefficient (Wildman–Crippen LogP) is 8.87. The highest BCUT2D eigenvalue weighted by molar-refractivity contribution is 7.99. The number of carbonyl (C=O) groups is 1. The Morgan fingerprint density at radius 3 is 2.20 bits per heavy atom. The highest BCUT2D eigenvalue weighted by atomic mass is 35.5. The van der Waals surface area contributed by atoms with Crippen molar-refractivity contribution in [1.29, 1.82) is 0 Å². The van der Waals surface area contributed by atoms with E-state index in [1.807, 2.05) is 90.4 Å². The molecule has 5 rings (SSSR count). The Morgan fingerprint density at radius 1 is 0.836 bits per heavy atom. The zero-order chi connectivity index (χ0) is 39.4. The molecule has 5 aromatic carbocycles. The van der Waals surface area contributed by atoms with Crippen molar-refractivity contribution in [2.24, 2.45) is 0 Å². The van der Waals surface area contributed by atoms with Crippen LogP contribution < -0.4 is 20.7 Å². The van der Waals surface area contributed by atoms with E-state index in [0.717, 1.165) is 33.7 Å². The van der Waals surface area contributed by atoms with Crippen LogP contribution in [0.3, 0.4) is 0 Å². The summed E-state index contributed by atoms with van der Waals surface area (Å²) in [5, 5.41) is 10.5. The number of rotatable bonds is 18. The van der Waals surface area contributed by atoms with Crippen LogP contribution in [0.1, 0.15) is 27.9 Å². The summed E-state index contributed by atoms with van der Waals surface area (Å²) in [4.78, 5) is 15.0. The Bertz CT molecular complexity index is 2120. The van der Waals surface area contributed by atoms with Gasteiger partial charge in [0.1, 0.15) is 0 Å². The molecule has 0 radical (unpaired) electrons. The minimum atomic E-state index is -5.01. The van der Waals surface area contributed by atoms with Gasteiger partial charge in [-0.2, -0.15) is 13.2 Å². The van der Waals surface area contributed by atoms with Gasteiger partial charge in [0.15, 0.2) is 0 Å². The lowest BCUT2D eigenvalue weighted by molar-refractivity contribution is -0.139. The molecule has 4 N–H and O–H groups in total.